The second kappa shape index (κ2) is 11.4. The molecular weight excluding hydrogens is 328 g/mol. The van der Waals surface area contributed by atoms with E-state index in [2.05, 4.69) is 13.5 Å². The van der Waals surface area contributed by atoms with Crippen molar-refractivity contribution >= 4 is 11.9 Å². The van der Waals surface area contributed by atoms with E-state index in [-0.39, 0.29) is 18.4 Å². The lowest BCUT2D eigenvalue weighted by atomic mass is 9.79. The first-order valence-electron chi connectivity index (χ1n) is 9.86. The van der Waals surface area contributed by atoms with Crippen molar-refractivity contribution in [1.82, 2.24) is 0 Å². The molecule has 0 aliphatic heterocycles. The van der Waals surface area contributed by atoms with Crippen LogP contribution in [0.4, 0.5) is 0 Å². The molecule has 0 radical (unpaired) electrons. The van der Waals surface area contributed by atoms with Crippen molar-refractivity contribution in [3.05, 3.63) is 12.7 Å². The lowest BCUT2D eigenvalue weighted by Gasteiger charge is -2.31. The summed E-state index contributed by atoms with van der Waals surface area (Å²) in [5, 5.41) is 11.1. The van der Waals surface area contributed by atoms with Crippen LogP contribution in [0.3, 0.4) is 0 Å². The molecule has 4 heteroatoms. The van der Waals surface area contributed by atoms with Crippen LogP contribution in [0.2, 0.25) is 0 Å². The molecular formula is C22H39O4-. The molecule has 0 amide bonds. The Balaban J connectivity index is 0.000000735. The van der Waals surface area contributed by atoms with Crippen LogP contribution in [0, 0.1) is 22.7 Å². The van der Waals surface area contributed by atoms with E-state index in [1.54, 1.807) is 26.8 Å². The average molecular weight is 368 g/mol. The molecule has 0 unspecified atom stereocenters. The molecule has 1 aliphatic carbocycles. The Hall–Kier alpha value is -1.32. The molecule has 1 saturated carbocycles. The third-order valence-electron chi connectivity index (χ3n) is 4.92. The van der Waals surface area contributed by atoms with Crippen LogP contribution in [0.25, 0.3) is 0 Å². The number of hydrogen-bond donors (Lipinski definition) is 0. The van der Waals surface area contributed by atoms with Gasteiger partial charge in [0.1, 0.15) is 0 Å². The highest BCUT2D eigenvalue weighted by molar-refractivity contribution is 5.78. The van der Waals surface area contributed by atoms with Crippen LogP contribution in [0.5, 0.6) is 0 Å². The zero-order valence-corrected chi connectivity index (χ0v) is 17.7. The minimum Gasteiger partial charge on any atom is -0.550 e. The summed E-state index contributed by atoms with van der Waals surface area (Å²) in [4.78, 5) is 22.8. The standard InChI is InChI=1S/C15H26O4.C7H14/c1-7-8-15(5,6)10-19-12(16)9-11(13(17)18)14(2,3)4;1-7-5-3-2-4-6-7/h7,11H,1,8-10H2,2-6H3,(H,17,18);7H,2-6H2,1H3/p-1/t11-;/m1./s1. The SMILES string of the molecule is C=CCC(C)(C)COC(=O)C[C@H](C(=O)[O-])C(C)(C)C.CC1CCCCC1. The predicted molar refractivity (Wildman–Crippen MR) is 104 cm³/mol. The van der Waals surface area contributed by atoms with Gasteiger partial charge in [0.05, 0.1) is 13.0 Å². The van der Waals surface area contributed by atoms with Gasteiger partial charge in [-0.3, -0.25) is 4.79 Å². The van der Waals surface area contributed by atoms with Crippen molar-refractivity contribution in [3.8, 4) is 0 Å². The van der Waals surface area contributed by atoms with Gasteiger partial charge in [-0.1, -0.05) is 79.7 Å². The Kier molecular flexibility index (Phi) is 10.8. The largest absolute Gasteiger partial charge is 0.550 e. The molecule has 0 N–H and O–H groups in total. The number of carbonyl (C=O) groups excluding carboxylic acids is 2. The van der Waals surface area contributed by atoms with E-state index < -0.39 is 23.3 Å². The Morgan fingerprint density at radius 3 is 2.04 bits per heavy atom. The van der Waals surface area contributed by atoms with Gasteiger partial charge in [0, 0.05) is 17.3 Å². The van der Waals surface area contributed by atoms with E-state index in [0.717, 1.165) is 12.3 Å². The first-order valence-corrected chi connectivity index (χ1v) is 9.86. The second-order valence-electron chi connectivity index (χ2n) is 9.50. The molecule has 0 aromatic carbocycles. The van der Waals surface area contributed by atoms with Gasteiger partial charge in [-0.05, 0) is 17.8 Å². The molecule has 4 nitrogen and oxygen atoms in total. The molecule has 1 aliphatic rings. The molecule has 0 spiro atoms. The molecule has 1 fully saturated rings. The quantitative estimate of drug-likeness (QED) is 0.490. The lowest BCUT2D eigenvalue weighted by Crippen LogP contribution is -2.40. The lowest BCUT2D eigenvalue weighted by molar-refractivity contribution is -0.315. The van der Waals surface area contributed by atoms with E-state index in [0.29, 0.717) is 0 Å². The number of ether oxygens (including phenoxy) is 1. The number of carboxylic acid groups (broad SMARTS) is 1. The Bertz CT molecular complexity index is 440. The van der Waals surface area contributed by atoms with Crippen molar-refractivity contribution in [2.24, 2.45) is 22.7 Å². The number of carbonyl (C=O) groups is 2. The highest BCUT2D eigenvalue weighted by Gasteiger charge is 2.29. The van der Waals surface area contributed by atoms with E-state index >= 15 is 0 Å². The summed E-state index contributed by atoms with van der Waals surface area (Å²) in [5.74, 6) is -1.52. The molecule has 1 atom stereocenters. The fourth-order valence-electron chi connectivity index (χ4n) is 3.00. The van der Waals surface area contributed by atoms with Crippen molar-refractivity contribution in [2.45, 2.75) is 86.5 Å². The normalized spacial score (nSPS) is 16.8. The summed E-state index contributed by atoms with van der Waals surface area (Å²) in [5.41, 5.74) is -0.718. The molecule has 26 heavy (non-hydrogen) atoms. The highest BCUT2D eigenvalue weighted by Crippen LogP contribution is 2.29. The van der Waals surface area contributed by atoms with Gasteiger partial charge in [-0.2, -0.15) is 0 Å². The average Bonchev–Trinajstić information content (AvgIpc) is 2.50. The number of aliphatic carboxylic acids is 1. The first-order chi connectivity index (χ1) is 11.9. The van der Waals surface area contributed by atoms with Crippen molar-refractivity contribution in [1.29, 1.82) is 0 Å². The van der Waals surface area contributed by atoms with Crippen LogP contribution in [0.1, 0.15) is 86.5 Å². The van der Waals surface area contributed by atoms with Crippen LogP contribution in [0.15, 0.2) is 12.7 Å². The third-order valence-corrected chi connectivity index (χ3v) is 4.92. The fourth-order valence-corrected chi connectivity index (χ4v) is 3.00. The van der Waals surface area contributed by atoms with Crippen molar-refractivity contribution in [3.63, 3.8) is 0 Å². The van der Waals surface area contributed by atoms with Crippen molar-refractivity contribution < 1.29 is 19.4 Å². The summed E-state index contributed by atoms with van der Waals surface area (Å²) in [7, 11) is 0. The summed E-state index contributed by atoms with van der Waals surface area (Å²) >= 11 is 0. The molecule has 0 heterocycles. The zero-order chi connectivity index (χ0) is 20.4. The molecule has 0 bridgehead atoms. The van der Waals surface area contributed by atoms with Gasteiger partial charge in [0.2, 0.25) is 0 Å². The molecule has 0 aromatic heterocycles. The fraction of sp³-hybridized carbons (Fsp3) is 0.818. The maximum absolute atomic E-state index is 11.7. The Morgan fingerprint density at radius 1 is 1.15 bits per heavy atom. The van der Waals surface area contributed by atoms with E-state index in [4.69, 9.17) is 4.74 Å². The van der Waals surface area contributed by atoms with Crippen molar-refractivity contribution in [2.75, 3.05) is 6.61 Å². The smallest absolute Gasteiger partial charge is 0.306 e. The van der Waals surface area contributed by atoms with Crippen LogP contribution in [-0.4, -0.2) is 18.5 Å². The van der Waals surface area contributed by atoms with E-state index in [9.17, 15) is 14.7 Å². The Morgan fingerprint density at radius 2 is 1.69 bits per heavy atom. The van der Waals surface area contributed by atoms with Gasteiger partial charge < -0.3 is 14.6 Å². The van der Waals surface area contributed by atoms with Gasteiger partial charge >= 0.3 is 5.97 Å². The van der Waals surface area contributed by atoms with Crippen LogP contribution in [-0.2, 0) is 14.3 Å². The number of esters is 1. The summed E-state index contributed by atoms with van der Waals surface area (Å²) in [6.45, 7) is 15.5. The number of allylic oxidation sites excluding steroid dienone is 1. The molecule has 0 saturated heterocycles. The number of hydrogen-bond acceptors (Lipinski definition) is 4. The zero-order valence-electron chi connectivity index (χ0n) is 17.7. The molecule has 152 valence electrons. The second-order valence-corrected chi connectivity index (χ2v) is 9.50. The monoisotopic (exact) mass is 367 g/mol. The van der Waals surface area contributed by atoms with Gasteiger partial charge in [-0.25, -0.2) is 0 Å². The van der Waals surface area contributed by atoms with E-state index in [1.807, 2.05) is 13.8 Å². The van der Waals surface area contributed by atoms with Crippen LogP contribution < -0.4 is 5.11 Å². The molecule has 1 rings (SSSR count). The van der Waals surface area contributed by atoms with Gasteiger partial charge in [0.25, 0.3) is 0 Å². The highest BCUT2D eigenvalue weighted by atomic mass is 16.5. The maximum atomic E-state index is 11.7. The maximum Gasteiger partial charge on any atom is 0.306 e. The predicted octanol–water partition coefficient (Wildman–Crippen LogP) is 4.52. The number of rotatable bonds is 7. The minimum atomic E-state index is -1.21. The topological polar surface area (TPSA) is 66.4 Å². The van der Waals surface area contributed by atoms with Gasteiger partial charge in [0.15, 0.2) is 0 Å². The van der Waals surface area contributed by atoms with Crippen LogP contribution >= 0.6 is 0 Å². The van der Waals surface area contributed by atoms with Gasteiger partial charge in [-0.15, -0.1) is 6.58 Å². The summed E-state index contributed by atoms with van der Waals surface area (Å²) in [6, 6.07) is 0. The minimum absolute atomic E-state index is 0.157. The third kappa shape index (κ3) is 11.3. The summed E-state index contributed by atoms with van der Waals surface area (Å²) in [6.07, 6.45) is 9.78. The first kappa shape index (κ1) is 24.7. The Labute approximate surface area is 160 Å². The van der Waals surface area contributed by atoms with E-state index in [1.165, 1.54) is 32.1 Å². The summed E-state index contributed by atoms with van der Waals surface area (Å²) < 4.78 is 5.16. The number of carboxylic acids is 1. The molecule has 0 aromatic rings.